The van der Waals surface area contributed by atoms with Gasteiger partial charge >= 0.3 is 6.18 Å². The Bertz CT molecular complexity index is 1270. The Kier molecular flexibility index (Phi) is 7.19. The average molecular weight is 479 g/mol. The lowest BCUT2D eigenvalue weighted by Gasteiger charge is -2.19. The Balaban J connectivity index is 1.33. The number of halogens is 3. The first-order chi connectivity index (χ1) is 16.8. The predicted octanol–water partition coefficient (Wildman–Crippen LogP) is 6.02. The Labute approximate surface area is 201 Å². The number of nitrogens with zero attached hydrogens (tertiary/aromatic N) is 2. The largest absolute Gasteiger partial charge is 0.416 e. The lowest BCUT2D eigenvalue weighted by Crippen LogP contribution is -2.28. The van der Waals surface area contributed by atoms with Crippen molar-refractivity contribution in [3.05, 3.63) is 96.1 Å². The molecular formula is C27H25F3N4O. The number of aromatic amines is 1. The van der Waals surface area contributed by atoms with Crippen LogP contribution in [0.1, 0.15) is 22.3 Å². The molecule has 0 bridgehead atoms. The van der Waals surface area contributed by atoms with Crippen molar-refractivity contribution in [2.24, 2.45) is 0 Å². The number of H-pyrrole nitrogens is 1. The topological polar surface area (TPSA) is 61.0 Å². The van der Waals surface area contributed by atoms with Crippen molar-refractivity contribution in [1.29, 1.82) is 0 Å². The summed E-state index contributed by atoms with van der Waals surface area (Å²) in [4.78, 5) is 14.6. The smallest absolute Gasteiger partial charge is 0.375 e. The molecule has 0 saturated heterocycles. The van der Waals surface area contributed by atoms with E-state index in [1.807, 2.05) is 37.4 Å². The fraction of sp³-hybridized carbons (Fsp3) is 0.185. The molecule has 1 amide bonds. The summed E-state index contributed by atoms with van der Waals surface area (Å²) >= 11 is 0. The Hall–Kier alpha value is -4.07. The maximum atomic E-state index is 13.0. The van der Waals surface area contributed by atoms with E-state index >= 15 is 0 Å². The average Bonchev–Trinajstić information content (AvgIpc) is 3.37. The van der Waals surface area contributed by atoms with E-state index in [9.17, 15) is 18.0 Å². The van der Waals surface area contributed by atoms with E-state index in [0.717, 1.165) is 36.3 Å². The summed E-state index contributed by atoms with van der Waals surface area (Å²) in [5.74, 6) is -0.159. The molecule has 5 nitrogen and oxygen atoms in total. The highest BCUT2D eigenvalue weighted by Crippen LogP contribution is 2.32. The van der Waals surface area contributed by atoms with Gasteiger partial charge in [-0.05, 0) is 54.4 Å². The van der Waals surface area contributed by atoms with Gasteiger partial charge < -0.3 is 10.2 Å². The van der Waals surface area contributed by atoms with Crippen molar-refractivity contribution in [1.82, 2.24) is 15.5 Å². The van der Waals surface area contributed by atoms with Gasteiger partial charge in [0.05, 0.1) is 17.0 Å². The number of para-hydroxylation sites is 1. The third-order valence-corrected chi connectivity index (χ3v) is 5.67. The fourth-order valence-corrected chi connectivity index (χ4v) is 3.71. The molecule has 0 atom stereocenters. The number of carbonyl (C=O) groups is 1. The zero-order valence-corrected chi connectivity index (χ0v) is 19.1. The first-order valence-electron chi connectivity index (χ1n) is 11.2. The van der Waals surface area contributed by atoms with Crippen molar-refractivity contribution >= 4 is 11.6 Å². The van der Waals surface area contributed by atoms with Gasteiger partial charge in [-0.15, -0.1) is 0 Å². The summed E-state index contributed by atoms with van der Waals surface area (Å²) in [6.07, 6.45) is -3.61. The van der Waals surface area contributed by atoms with Gasteiger partial charge in [-0.2, -0.15) is 18.3 Å². The highest BCUT2D eigenvalue weighted by atomic mass is 19.4. The minimum atomic E-state index is -4.41. The van der Waals surface area contributed by atoms with E-state index < -0.39 is 11.7 Å². The molecule has 2 N–H and O–H groups in total. The third kappa shape index (κ3) is 6.09. The Morgan fingerprint density at radius 3 is 2.40 bits per heavy atom. The molecule has 1 aromatic heterocycles. The number of aromatic nitrogens is 2. The molecular weight excluding hydrogens is 453 g/mol. The van der Waals surface area contributed by atoms with Crippen LogP contribution < -0.4 is 10.2 Å². The maximum Gasteiger partial charge on any atom is 0.416 e. The summed E-state index contributed by atoms with van der Waals surface area (Å²) in [7, 11) is 2.02. The molecule has 0 fully saturated rings. The van der Waals surface area contributed by atoms with Crippen LogP contribution in [-0.4, -0.2) is 36.2 Å². The van der Waals surface area contributed by atoms with Gasteiger partial charge in [0.1, 0.15) is 0 Å². The molecule has 35 heavy (non-hydrogen) atoms. The van der Waals surface area contributed by atoms with E-state index in [-0.39, 0.29) is 5.91 Å². The zero-order valence-electron chi connectivity index (χ0n) is 19.1. The quantitative estimate of drug-likeness (QED) is 0.305. The minimum absolute atomic E-state index is 0.159. The van der Waals surface area contributed by atoms with Crippen LogP contribution >= 0.6 is 0 Å². The molecule has 0 unspecified atom stereocenters. The van der Waals surface area contributed by atoms with E-state index in [4.69, 9.17) is 0 Å². The molecule has 0 saturated carbocycles. The summed E-state index contributed by atoms with van der Waals surface area (Å²) in [6, 6.07) is 23.8. The highest BCUT2D eigenvalue weighted by molar-refractivity contribution is 5.94. The van der Waals surface area contributed by atoms with Gasteiger partial charge in [0.15, 0.2) is 0 Å². The van der Waals surface area contributed by atoms with Gasteiger partial charge in [0.2, 0.25) is 0 Å². The van der Waals surface area contributed by atoms with Crippen LogP contribution in [0.5, 0.6) is 0 Å². The molecule has 8 heteroatoms. The zero-order chi connectivity index (χ0) is 24.8. The van der Waals surface area contributed by atoms with Crippen LogP contribution in [-0.2, 0) is 6.18 Å². The van der Waals surface area contributed by atoms with Gasteiger partial charge in [-0.25, -0.2) is 0 Å². The third-order valence-electron chi connectivity index (χ3n) is 5.67. The second-order valence-electron chi connectivity index (χ2n) is 8.19. The molecule has 0 aliphatic carbocycles. The SMILES string of the molecule is CN(CCCNC(=O)c1ccc(-c2cc(-c3cccc(C(F)(F)F)c3)n[nH]2)cc1)c1ccccc1. The maximum absolute atomic E-state index is 13.0. The van der Waals surface area contributed by atoms with Crippen LogP contribution in [0.25, 0.3) is 22.5 Å². The number of carbonyl (C=O) groups excluding carboxylic acids is 1. The minimum Gasteiger partial charge on any atom is -0.375 e. The van der Waals surface area contributed by atoms with E-state index in [1.54, 1.807) is 36.4 Å². The second-order valence-corrected chi connectivity index (χ2v) is 8.19. The van der Waals surface area contributed by atoms with Crippen LogP contribution in [0.15, 0.2) is 84.9 Å². The molecule has 0 radical (unpaired) electrons. The summed E-state index contributed by atoms with van der Waals surface area (Å²) in [6.45, 7) is 1.37. The lowest BCUT2D eigenvalue weighted by atomic mass is 10.1. The second kappa shape index (κ2) is 10.5. The standard InChI is InChI=1S/C27H25F3N4O/c1-34(23-9-3-2-4-10-23)16-6-15-31-26(35)20-13-11-19(12-14-20)24-18-25(33-32-24)21-7-5-8-22(17-21)27(28,29)30/h2-5,7-14,17-18H,6,15-16H2,1H3,(H,31,35)(H,32,33). The van der Waals surface area contributed by atoms with Gasteiger partial charge in [0.25, 0.3) is 5.91 Å². The number of amides is 1. The normalized spacial score (nSPS) is 11.3. The summed E-state index contributed by atoms with van der Waals surface area (Å²) in [5, 5.41) is 9.94. The molecule has 0 aliphatic rings. The number of hydrogen-bond acceptors (Lipinski definition) is 3. The number of rotatable bonds is 8. The van der Waals surface area contributed by atoms with E-state index in [1.165, 1.54) is 6.07 Å². The lowest BCUT2D eigenvalue weighted by molar-refractivity contribution is -0.137. The van der Waals surface area contributed by atoms with Crippen LogP contribution in [0, 0.1) is 0 Å². The number of alkyl halides is 3. The summed E-state index contributed by atoms with van der Waals surface area (Å²) < 4.78 is 39.0. The molecule has 0 aliphatic heterocycles. The van der Waals surface area contributed by atoms with Crippen molar-refractivity contribution in [3.8, 4) is 22.5 Å². The fourth-order valence-electron chi connectivity index (χ4n) is 3.71. The molecule has 4 aromatic rings. The van der Waals surface area contributed by atoms with Crippen LogP contribution in [0.4, 0.5) is 18.9 Å². The van der Waals surface area contributed by atoms with Gasteiger partial charge in [-0.3, -0.25) is 9.89 Å². The molecule has 1 heterocycles. The number of benzene rings is 3. The number of hydrogen-bond donors (Lipinski definition) is 2. The van der Waals surface area contributed by atoms with Crippen molar-refractivity contribution in [2.75, 3.05) is 25.0 Å². The molecule has 3 aromatic carbocycles. The highest BCUT2D eigenvalue weighted by Gasteiger charge is 2.30. The first kappa shape index (κ1) is 24.1. The van der Waals surface area contributed by atoms with Crippen molar-refractivity contribution < 1.29 is 18.0 Å². The van der Waals surface area contributed by atoms with E-state index in [2.05, 4.69) is 20.4 Å². The number of nitrogens with one attached hydrogen (secondary N) is 2. The number of anilines is 1. The molecule has 180 valence electrons. The molecule has 0 spiro atoms. The molecule has 4 rings (SSSR count). The van der Waals surface area contributed by atoms with Crippen LogP contribution in [0.3, 0.4) is 0 Å². The van der Waals surface area contributed by atoms with Crippen molar-refractivity contribution in [2.45, 2.75) is 12.6 Å². The van der Waals surface area contributed by atoms with Crippen LogP contribution in [0.2, 0.25) is 0 Å². The summed E-state index contributed by atoms with van der Waals surface area (Å²) in [5.41, 5.74) is 3.14. The Morgan fingerprint density at radius 1 is 0.943 bits per heavy atom. The van der Waals surface area contributed by atoms with Gasteiger partial charge in [0, 0.05) is 37.0 Å². The predicted molar refractivity (Wildman–Crippen MR) is 131 cm³/mol. The Morgan fingerprint density at radius 2 is 1.69 bits per heavy atom. The van der Waals surface area contributed by atoms with Crippen molar-refractivity contribution in [3.63, 3.8) is 0 Å². The monoisotopic (exact) mass is 478 g/mol. The first-order valence-corrected chi connectivity index (χ1v) is 11.2. The van der Waals surface area contributed by atoms with E-state index in [0.29, 0.717) is 29.1 Å². The van der Waals surface area contributed by atoms with Gasteiger partial charge in [-0.1, -0.05) is 42.5 Å².